The zero-order valence-electron chi connectivity index (χ0n) is 13.2. The Kier molecular flexibility index (Phi) is 3.74. The standard InChI is InChI=1S/C19H21N3O/c23-19(22-12-2-1-3-13-22)15-6-4-14(5-7-15)16-8-10-20-18-17(16)9-11-21-18/h4-8,10H,1-3,9,11-13H2,(H,20,21). The molecule has 0 atom stereocenters. The van der Waals surface area contributed by atoms with Crippen molar-refractivity contribution in [2.75, 3.05) is 25.0 Å². The van der Waals surface area contributed by atoms with Crippen LogP contribution in [0.4, 0.5) is 5.82 Å². The summed E-state index contributed by atoms with van der Waals surface area (Å²) in [6.45, 7) is 2.74. The Morgan fingerprint density at radius 3 is 2.61 bits per heavy atom. The van der Waals surface area contributed by atoms with Crippen LogP contribution in [0.15, 0.2) is 36.5 Å². The number of fused-ring (bicyclic) bond motifs is 1. The van der Waals surface area contributed by atoms with E-state index in [4.69, 9.17) is 0 Å². The molecule has 2 aliphatic heterocycles. The van der Waals surface area contributed by atoms with Crippen LogP contribution in [0, 0.1) is 0 Å². The molecule has 3 heterocycles. The van der Waals surface area contributed by atoms with Gasteiger partial charge in [0.2, 0.25) is 0 Å². The second-order valence-electron chi connectivity index (χ2n) is 6.29. The lowest BCUT2D eigenvalue weighted by atomic mass is 9.99. The molecule has 0 saturated carbocycles. The van der Waals surface area contributed by atoms with Gasteiger partial charge in [-0.05, 0) is 55.0 Å². The van der Waals surface area contributed by atoms with Crippen molar-refractivity contribution in [3.8, 4) is 11.1 Å². The van der Waals surface area contributed by atoms with Crippen LogP contribution < -0.4 is 5.32 Å². The third-order valence-corrected chi connectivity index (χ3v) is 4.81. The van der Waals surface area contributed by atoms with Crippen molar-refractivity contribution < 1.29 is 4.79 Å². The first-order chi connectivity index (χ1) is 11.3. The molecule has 0 aliphatic carbocycles. The quantitative estimate of drug-likeness (QED) is 0.925. The van der Waals surface area contributed by atoms with E-state index in [1.54, 1.807) is 0 Å². The summed E-state index contributed by atoms with van der Waals surface area (Å²) in [6, 6.07) is 10.1. The maximum atomic E-state index is 12.5. The first kappa shape index (κ1) is 14.2. The predicted octanol–water partition coefficient (Wildman–Crippen LogP) is 3.34. The number of aromatic nitrogens is 1. The van der Waals surface area contributed by atoms with Gasteiger partial charge in [0, 0.05) is 37.0 Å². The maximum Gasteiger partial charge on any atom is 0.253 e. The van der Waals surface area contributed by atoms with Gasteiger partial charge in [-0.25, -0.2) is 4.98 Å². The Morgan fingerprint density at radius 1 is 1.04 bits per heavy atom. The lowest BCUT2D eigenvalue weighted by Crippen LogP contribution is -2.35. The van der Waals surface area contributed by atoms with E-state index in [0.717, 1.165) is 55.8 Å². The largest absolute Gasteiger partial charge is 0.369 e. The van der Waals surface area contributed by atoms with E-state index in [0.29, 0.717) is 0 Å². The van der Waals surface area contributed by atoms with Crippen LogP contribution in [0.2, 0.25) is 0 Å². The van der Waals surface area contributed by atoms with Gasteiger partial charge >= 0.3 is 0 Å². The fourth-order valence-electron chi connectivity index (χ4n) is 3.55. The molecule has 0 spiro atoms. The van der Waals surface area contributed by atoms with Crippen LogP contribution in [0.3, 0.4) is 0 Å². The SMILES string of the molecule is O=C(c1ccc(-c2ccnc3c2CCN3)cc1)N1CCCCC1. The first-order valence-corrected chi connectivity index (χ1v) is 8.44. The maximum absolute atomic E-state index is 12.5. The minimum atomic E-state index is 0.165. The molecule has 1 N–H and O–H groups in total. The third-order valence-electron chi connectivity index (χ3n) is 4.81. The molecule has 1 aromatic carbocycles. The van der Waals surface area contributed by atoms with Crippen molar-refractivity contribution >= 4 is 11.7 Å². The Labute approximate surface area is 136 Å². The van der Waals surface area contributed by atoms with E-state index in [2.05, 4.69) is 28.5 Å². The van der Waals surface area contributed by atoms with E-state index in [1.165, 1.54) is 17.5 Å². The third kappa shape index (κ3) is 2.69. The highest BCUT2D eigenvalue weighted by atomic mass is 16.2. The molecule has 4 rings (SSSR count). The zero-order chi connectivity index (χ0) is 15.6. The van der Waals surface area contributed by atoms with Gasteiger partial charge in [-0.15, -0.1) is 0 Å². The van der Waals surface area contributed by atoms with Gasteiger partial charge in [0.1, 0.15) is 5.82 Å². The lowest BCUT2D eigenvalue weighted by Gasteiger charge is -2.26. The average Bonchev–Trinajstić information content (AvgIpc) is 3.11. The Hall–Kier alpha value is -2.36. The van der Waals surface area contributed by atoms with E-state index in [-0.39, 0.29) is 5.91 Å². The number of likely N-dealkylation sites (tertiary alicyclic amines) is 1. The van der Waals surface area contributed by atoms with E-state index in [1.807, 2.05) is 23.2 Å². The number of piperidine rings is 1. The van der Waals surface area contributed by atoms with Crippen molar-refractivity contribution in [3.05, 3.63) is 47.7 Å². The van der Waals surface area contributed by atoms with Crippen LogP contribution in [-0.2, 0) is 6.42 Å². The Bertz CT molecular complexity index is 718. The smallest absolute Gasteiger partial charge is 0.253 e. The van der Waals surface area contributed by atoms with Gasteiger partial charge in [0.25, 0.3) is 5.91 Å². The molecule has 4 heteroatoms. The Balaban J connectivity index is 1.59. The summed E-state index contributed by atoms with van der Waals surface area (Å²) in [5.74, 6) is 1.16. The van der Waals surface area contributed by atoms with Crippen molar-refractivity contribution in [2.24, 2.45) is 0 Å². The van der Waals surface area contributed by atoms with Gasteiger partial charge in [-0.2, -0.15) is 0 Å². The molecule has 2 aliphatic rings. The molecular weight excluding hydrogens is 286 g/mol. The van der Waals surface area contributed by atoms with Crippen LogP contribution in [0.25, 0.3) is 11.1 Å². The molecule has 118 valence electrons. The molecule has 1 saturated heterocycles. The number of nitrogens with one attached hydrogen (secondary N) is 1. The highest BCUT2D eigenvalue weighted by Gasteiger charge is 2.19. The molecule has 1 amide bonds. The fourth-order valence-corrected chi connectivity index (χ4v) is 3.55. The summed E-state index contributed by atoms with van der Waals surface area (Å²) >= 11 is 0. The topological polar surface area (TPSA) is 45.2 Å². The summed E-state index contributed by atoms with van der Waals surface area (Å²) in [4.78, 5) is 18.9. The summed E-state index contributed by atoms with van der Waals surface area (Å²) in [6.07, 6.45) is 6.34. The number of hydrogen-bond donors (Lipinski definition) is 1. The number of hydrogen-bond acceptors (Lipinski definition) is 3. The van der Waals surface area contributed by atoms with Crippen LogP contribution in [0.5, 0.6) is 0 Å². The number of carbonyl (C=O) groups is 1. The molecule has 0 unspecified atom stereocenters. The number of rotatable bonds is 2. The van der Waals surface area contributed by atoms with Crippen LogP contribution in [0.1, 0.15) is 35.2 Å². The predicted molar refractivity (Wildman–Crippen MR) is 91.6 cm³/mol. The number of benzene rings is 1. The molecule has 4 nitrogen and oxygen atoms in total. The monoisotopic (exact) mass is 307 g/mol. The van der Waals surface area contributed by atoms with E-state index < -0.39 is 0 Å². The number of nitrogens with zero attached hydrogens (tertiary/aromatic N) is 2. The van der Waals surface area contributed by atoms with Crippen molar-refractivity contribution in [3.63, 3.8) is 0 Å². The highest BCUT2D eigenvalue weighted by Crippen LogP contribution is 2.31. The van der Waals surface area contributed by atoms with Crippen molar-refractivity contribution in [1.29, 1.82) is 0 Å². The summed E-state index contributed by atoms with van der Waals surface area (Å²) in [5, 5.41) is 3.31. The molecule has 0 radical (unpaired) electrons. The Morgan fingerprint density at radius 2 is 1.83 bits per heavy atom. The number of anilines is 1. The van der Waals surface area contributed by atoms with Gasteiger partial charge in [0.15, 0.2) is 0 Å². The first-order valence-electron chi connectivity index (χ1n) is 8.44. The molecule has 0 bridgehead atoms. The van der Waals surface area contributed by atoms with Gasteiger partial charge in [-0.3, -0.25) is 4.79 Å². The molecule has 1 aromatic heterocycles. The minimum Gasteiger partial charge on any atom is -0.369 e. The van der Waals surface area contributed by atoms with Gasteiger partial charge < -0.3 is 10.2 Å². The average molecular weight is 307 g/mol. The molecule has 2 aromatic rings. The van der Waals surface area contributed by atoms with Crippen molar-refractivity contribution in [1.82, 2.24) is 9.88 Å². The lowest BCUT2D eigenvalue weighted by molar-refractivity contribution is 0.0724. The second kappa shape index (κ2) is 6.03. The van der Waals surface area contributed by atoms with E-state index in [9.17, 15) is 4.79 Å². The zero-order valence-corrected chi connectivity index (χ0v) is 13.2. The minimum absolute atomic E-state index is 0.165. The molecule has 23 heavy (non-hydrogen) atoms. The van der Waals surface area contributed by atoms with Gasteiger partial charge in [-0.1, -0.05) is 12.1 Å². The second-order valence-corrected chi connectivity index (χ2v) is 6.29. The number of carbonyl (C=O) groups excluding carboxylic acids is 1. The summed E-state index contributed by atoms with van der Waals surface area (Å²) in [7, 11) is 0. The van der Waals surface area contributed by atoms with Crippen LogP contribution >= 0.6 is 0 Å². The summed E-state index contributed by atoms with van der Waals surface area (Å²) in [5.41, 5.74) is 4.45. The van der Waals surface area contributed by atoms with Gasteiger partial charge in [0.05, 0.1) is 0 Å². The number of amides is 1. The fraction of sp³-hybridized carbons (Fsp3) is 0.368. The molecule has 1 fully saturated rings. The number of pyridine rings is 1. The molecular formula is C19H21N3O. The highest BCUT2D eigenvalue weighted by molar-refractivity contribution is 5.95. The normalized spacial score (nSPS) is 16.8. The van der Waals surface area contributed by atoms with Crippen LogP contribution in [-0.4, -0.2) is 35.4 Å². The summed E-state index contributed by atoms with van der Waals surface area (Å²) < 4.78 is 0. The van der Waals surface area contributed by atoms with Crippen molar-refractivity contribution in [2.45, 2.75) is 25.7 Å². The van der Waals surface area contributed by atoms with E-state index >= 15 is 0 Å².